The van der Waals surface area contributed by atoms with Crippen molar-refractivity contribution < 1.29 is 14.4 Å². The summed E-state index contributed by atoms with van der Waals surface area (Å²) < 4.78 is 0. The molecule has 1 N–H and O–H groups in total. The van der Waals surface area contributed by atoms with Gasteiger partial charge >= 0.3 is 0 Å². The highest BCUT2D eigenvalue weighted by Crippen LogP contribution is 2.24. The zero-order valence-corrected chi connectivity index (χ0v) is 14.7. The van der Waals surface area contributed by atoms with Crippen LogP contribution in [0.3, 0.4) is 0 Å². The standard InChI is InChI=1S/C19H19N5O3/c25-17-4-2-13-11-14(1-3-15(13)22-17)18(26)23-7-9-24(10-8-23)19(27)16-12-20-5-6-21-16/h1,3,5-6,11-12H,2,4,7-10H2,(H,22,25). The molecule has 2 aliphatic heterocycles. The van der Waals surface area contributed by atoms with Gasteiger partial charge in [-0.3, -0.25) is 19.4 Å². The normalized spacial score (nSPS) is 16.5. The summed E-state index contributed by atoms with van der Waals surface area (Å²) in [6.45, 7) is 1.86. The third kappa shape index (κ3) is 3.51. The average Bonchev–Trinajstić information content (AvgIpc) is 2.73. The second-order valence-corrected chi connectivity index (χ2v) is 6.60. The minimum atomic E-state index is -0.167. The van der Waals surface area contributed by atoms with Gasteiger partial charge in [0, 0.05) is 56.2 Å². The molecular weight excluding hydrogens is 346 g/mol. The van der Waals surface area contributed by atoms with Crippen molar-refractivity contribution in [2.75, 3.05) is 31.5 Å². The fourth-order valence-electron chi connectivity index (χ4n) is 3.38. The molecule has 8 nitrogen and oxygen atoms in total. The lowest BCUT2D eigenvalue weighted by Crippen LogP contribution is -2.50. The number of amides is 3. The van der Waals surface area contributed by atoms with E-state index in [0.717, 1.165) is 11.3 Å². The number of benzene rings is 1. The number of piperazine rings is 1. The number of nitrogens with one attached hydrogen (secondary N) is 1. The summed E-state index contributed by atoms with van der Waals surface area (Å²) in [6, 6.07) is 5.38. The van der Waals surface area contributed by atoms with Crippen LogP contribution in [0.15, 0.2) is 36.8 Å². The van der Waals surface area contributed by atoms with E-state index in [1.54, 1.807) is 21.9 Å². The minimum absolute atomic E-state index is 0.00507. The summed E-state index contributed by atoms with van der Waals surface area (Å²) in [4.78, 5) is 48.1. The third-order valence-electron chi connectivity index (χ3n) is 4.88. The smallest absolute Gasteiger partial charge is 0.274 e. The fourth-order valence-corrected chi connectivity index (χ4v) is 3.38. The van der Waals surface area contributed by atoms with Gasteiger partial charge in [-0.25, -0.2) is 4.98 Å². The first-order valence-electron chi connectivity index (χ1n) is 8.89. The van der Waals surface area contributed by atoms with Crippen LogP contribution >= 0.6 is 0 Å². The maximum absolute atomic E-state index is 12.8. The molecule has 2 aliphatic rings. The van der Waals surface area contributed by atoms with Crippen LogP contribution in [-0.2, 0) is 11.2 Å². The van der Waals surface area contributed by atoms with Gasteiger partial charge in [-0.1, -0.05) is 0 Å². The van der Waals surface area contributed by atoms with E-state index in [2.05, 4.69) is 15.3 Å². The van der Waals surface area contributed by atoms with Gasteiger partial charge in [0.25, 0.3) is 11.8 Å². The van der Waals surface area contributed by atoms with Crippen LogP contribution < -0.4 is 5.32 Å². The van der Waals surface area contributed by atoms with Gasteiger partial charge < -0.3 is 15.1 Å². The maximum atomic E-state index is 12.8. The van der Waals surface area contributed by atoms with Gasteiger partial charge in [-0.15, -0.1) is 0 Å². The molecule has 1 aromatic heterocycles. The van der Waals surface area contributed by atoms with Crippen LogP contribution in [0.2, 0.25) is 0 Å². The lowest BCUT2D eigenvalue weighted by Gasteiger charge is -2.34. The Bertz CT molecular complexity index is 891. The summed E-state index contributed by atoms with van der Waals surface area (Å²) in [5.74, 6) is -0.216. The number of rotatable bonds is 2. The van der Waals surface area contributed by atoms with Gasteiger partial charge in [-0.05, 0) is 30.2 Å². The second kappa shape index (κ2) is 7.14. The van der Waals surface area contributed by atoms with E-state index in [4.69, 9.17) is 0 Å². The van der Waals surface area contributed by atoms with Gasteiger partial charge in [0.2, 0.25) is 5.91 Å². The first-order valence-corrected chi connectivity index (χ1v) is 8.89. The van der Waals surface area contributed by atoms with Crippen LogP contribution in [0, 0.1) is 0 Å². The largest absolute Gasteiger partial charge is 0.335 e. The van der Waals surface area contributed by atoms with Crippen molar-refractivity contribution in [3.8, 4) is 0 Å². The van der Waals surface area contributed by atoms with Crippen molar-refractivity contribution in [3.63, 3.8) is 0 Å². The molecule has 4 rings (SSSR count). The average molecular weight is 365 g/mol. The molecule has 0 saturated carbocycles. The van der Waals surface area contributed by atoms with Crippen LogP contribution in [0.1, 0.15) is 32.8 Å². The zero-order valence-electron chi connectivity index (χ0n) is 14.7. The number of anilines is 1. The zero-order chi connectivity index (χ0) is 18.8. The van der Waals surface area contributed by atoms with Crippen LogP contribution in [0.4, 0.5) is 5.69 Å². The predicted octanol–water partition coefficient (Wildman–Crippen LogP) is 0.959. The van der Waals surface area contributed by atoms with Crippen molar-refractivity contribution in [1.29, 1.82) is 0 Å². The highest BCUT2D eigenvalue weighted by Gasteiger charge is 2.27. The van der Waals surface area contributed by atoms with E-state index < -0.39 is 0 Å². The quantitative estimate of drug-likeness (QED) is 0.855. The highest BCUT2D eigenvalue weighted by atomic mass is 16.2. The van der Waals surface area contributed by atoms with E-state index in [0.29, 0.717) is 50.3 Å². The summed E-state index contributed by atoms with van der Waals surface area (Å²) in [6.07, 6.45) is 5.55. The lowest BCUT2D eigenvalue weighted by atomic mass is 10.00. The number of aryl methyl sites for hydroxylation is 1. The van der Waals surface area contributed by atoms with Gasteiger partial charge in [0.05, 0.1) is 6.20 Å². The first kappa shape index (κ1) is 17.1. The minimum Gasteiger partial charge on any atom is -0.335 e. The number of hydrogen-bond donors (Lipinski definition) is 1. The third-order valence-corrected chi connectivity index (χ3v) is 4.88. The molecule has 3 amide bonds. The Morgan fingerprint density at radius 1 is 0.963 bits per heavy atom. The molecule has 1 fully saturated rings. The molecule has 2 aromatic rings. The topological polar surface area (TPSA) is 95.5 Å². The summed E-state index contributed by atoms with van der Waals surface area (Å²) >= 11 is 0. The molecule has 0 unspecified atom stereocenters. The molecular formula is C19H19N5O3. The lowest BCUT2D eigenvalue weighted by molar-refractivity contribution is -0.116. The SMILES string of the molecule is O=C1CCc2cc(C(=O)N3CCN(C(=O)c4cnccn4)CC3)ccc2N1. The Hall–Kier alpha value is -3.29. The van der Waals surface area contributed by atoms with Crippen molar-refractivity contribution in [3.05, 3.63) is 53.6 Å². The molecule has 8 heteroatoms. The molecule has 138 valence electrons. The molecule has 27 heavy (non-hydrogen) atoms. The molecule has 3 heterocycles. The van der Waals surface area contributed by atoms with Crippen molar-refractivity contribution >= 4 is 23.4 Å². The Morgan fingerprint density at radius 3 is 2.41 bits per heavy atom. The van der Waals surface area contributed by atoms with Crippen LogP contribution in [0.5, 0.6) is 0 Å². The number of aromatic nitrogens is 2. The Labute approximate surface area is 156 Å². The molecule has 0 spiro atoms. The Morgan fingerprint density at radius 2 is 1.70 bits per heavy atom. The molecule has 0 aliphatic carbocycles. The fraction of sp³-hybridized carbons (Fsp3) is 0.316. The number of carbonyl (C=O) groups is 3. The Kier molecular flexibility index (Phi) is 4.53. The number of hydrogen-bond acceptors (Lipinski definition) is 5. The monoisotopic (exact) mass is 365 g/mol. The second-order valence-electron chi connectivity index (χ2n) is 6.60. The van der Waals surface area contributed by atoms with Gasteiger partial charge in [0.1, 0.15) is 5.69 Å². The molecule has 0 bridgehead atoms. The molecule has 1 saturated heterocycles. The van der Waals surface area contributed by atoms with Crippen molar-refractivity contribution in [2.45, 2.75) is 12.8 Å². The summed E-state index contributed by atoms with van der Waals surface area (Å²) in [5.41, 5.74) is 2.69. The predicted molar refractivity (Wildman–Crippen MR) is 97.2 cm³/mol. The number of fused-ring (bicyclic) bond motifs is 1. The number of carbonyl (C=O) groups excluding carboxylic acids is 3. The molecule has 0 atom stereocenters. The first-order chi connectivity index (χ1) is 13.1. The van der Waals surface area contributed by atoms with Crippen molar-refractivity contribution in [1.82, 2.24) is 19.8 Å². The van der Waals surface area contributed by atoms with Gasteiger partial charge in [0.15, 0.2) is 0 Å². The summed E-state index contributed by atoms with van der Waals surface area (Å²) in [5, 5.41) is 2.82. The van der Waals surface area contributed by atoms with Gasteiger partial charge in [-0.2, -0.15) is 0 Å². The van der Waals surface area contributed by atoms with E-state index in [1.165, 1.54) is 18.6 Å². The van der Waals surface area contributed by atoms with E-state index in [1.807, 2.05) is 6.07 Å². The van der Waals surface area contributed by atoms with E-state index in [9.17, 15) is 14.4 Å². The number of nitrogens with zero attached hydrogens (tertiary/aromatic N) is 4. The molecule has 1 aromatic carbocycles. The van der Waals surface area contributed by atoms with E-state index >= 15 is 0 Å². The van der Waals surface area contributed by atoms with Crippen molar-refractivity contribution in [2.24, 2.45) is 0 Å². The van der Waals surface area contributed by atoms with E-state index in [-0.39, 0.29) is 17.7 Å². The Balaban J connectivity index is 1.40. The summed E-state index contributed by atoms with van der Waals surface area (Å²) in [7, 11) is 0. The molecule has 0 radical (unpaired) electrons. The van der Waals surface area contributed by atoms with Crippen LogP contribution in [-0.4, -0.2) is 63.7 Å². The maximum Gasteiger partial charge on any atom is 0.274 e. The highest BCUT2D eigenvalue weighted by molar-refractivity contribution is 5.98. The van der Waals surface area contributed by atoms with Crippen LogP contribution in [0.25, 0.3) is 0 Å².